The van der Waals surface area contributed by atoms with E-state index in [0.717, 1.165) is 35.7 Å². The summed E-state index contributed by atoms with van der Waals surface area (Å²) in [4.78, 5) is 22.6. The fraction of sp³-hybridized carbons (Fsp3) is 0.250. The van der Waals surface area contributed by atoms with E-state index in [1.54, 1.807) is 0 Å². The van der Waals surface area contributed by atoms with Crippen molar-refractivity contribution in [3.63, 3.8) is 0 Å². The van der Waals surface area contributed by atoms with Crippen molar-refractivity contribution in [2.24, 2.45) is 5.41 Å². The Balaban J connectivity index is 2.30. The minimum Gasteiger partial charge on any atom is -0.456 e. The zero-order chi connectivity index (χ0) is 13.6. The van der Waals surface area contributed by atoms with Gasteiger partial charge in [0, 0.05) is 5.57 Å². The lowest BCUT2D eigenvalue weighted by atomic mass is 9.67. The number of carbonyl (C=O) groups is 2. The smallest absolute Gasteiger partial charge is 0.185 e. The first-order chi connectivity index (χ1) is 9.14. The first-order valence-electron chi connectivity index (χ1n) is 6.25. The molecule has 3 heteroatoms. The van der Waals surface area contributed by atoms with Crippen LogP contribution in [0.15, 0.2) is 58.1 Å². The Morgan fingerprint density at radius 1 is 1.21 bits per heavy atom. The van der Waals surface area contributed by atoms with Crippen molar-refractivity contribution < 1.29 is 14.3 Å². The van der Waals surface area contributed by atoms with Gasteiger partial charge in [-0.2, -0.15) is 0 Å². The molecule has 19 heavy (non-hydrogen) atoms. The fourth-order valence-corrected chi connectivity index (χ4v) is 3.12. The quantitative estimate of drug-likeness (QED) is 0.712. The maximum atomic E-state index is 11.3. The van der Waals surface area contributed by atoms with Crippen LogP contribution >= 0.6 is 0 Å². The number of aldehydes is 2. The molecule has 0 bridgehead atoms. The van der Waals surface area contributed by atoms with Crippen molar-refractivity contribution in [2.75, 3.05) is 0 Å². The molecular formula is C16H14O3. The maximum absolute atomic E-state index is 11.3. The predicted octanol–water partition coefficient (Wildman–Crippen LogP) is 2.78. The highest BCUT2D eigenvalue weighted by atomic mass is 16.5. The van der Waals surface area contributed by atoms with Crippen molar-refractivity contribution in [1.29, 1.82) is 0 Å². The summed E-state index contributed by atoms with van der Waals surface area (Å²) >= 11 is 0. The first kappa shape index (κ1) is 11.9. The third kappa shape index (κ3) is 1.38. The Morgan fingerprint density at radius 2 is 2.00 bits per heavy atom. The lowest BCUT2D eigenvalue weighted by Gasteiger charge is -2.33. The molecule has 0 aromatic heterocycles. The van der Waals surface area contributed by atoms with E-state index in [1.807, 2.05) is 38.2 Å². The summed E-state index contributed by atoms with van der Waals surface area (Å²) in [7, 11) is 0. The summed E-state index contributed by atoms with van der Waals surface area (Å²) in [5, 5.41) is 0. The van der Waals surface area contributed by atoms with E-state index in [9.17, 15) is 9.59 Å². The molecule has 1 aliphatic heterocycles. The molecule has 3 nitrogen and oxygen atoms in total. The number of ether oxygens (including phenoxy) is 1. The lowest BCUT2D eigenvalue weighted by molar-refractivity contribution is -0.107. The van der Waals surface area contributed by atoms with E-state index in [-0.39, 0.29) is 0 Å². The topological polar surface area (TPSA) is 43.4 Å². The van der Waals surface area contributed by atoms with Gasteiger partial charge in [-0.25, -0.2) is 0 Å². The summed E-state index contributed by atoms with van der Waals surface area (Å²) in [6.45, 7) is 3.85. The molecule has 1 heterocycles. The van der Waals surface area contributed by atoms with Crippen molar-refractivity contribution in [3.05, 3.63) is 58.1 Å². The standard InChI is InChI=1S/C16H14O3/c1-10-5-7-16-6-3-4-11(2)14(16)13(9-18)19-15(16)12(10)8-17/h3-6,8-9H,7H2,1-2H3. The van der Waals surface area contributed by atoms with Gasteiger partial charge in [0.05, 0.1) is 11.0 Å². The highest BCUT2D eigenvalue weighted by Gasteiger charge is 2.49. The van der Waals surface area contributed by atoms with Crippen LogP contribution in [0.25, 0.3) is 0 Å². The minimum atomic E-state index is -0.467. The van der Waals surface area contributed by atoms with Gasteiger partial charge in [0.15, 0.2) is 18.3 Å². The van der Waals surface area contributed by atoms with Gasteiger partial charge in [0.25, 0.3) is 0 Å². The van der Waals surface area contributed by atoms with Crippen LogP contribution < -0.4 is 0 Å². The molecule has 3 rings (SSSR count). The van der Waals surface area contributed by atoms with Gasteiger partial charge in [-0.1, -0.05) is 24.3 Å². The zero-order valence-corrected chi connectivity index (χ0v) is 10.9. The molecule has 0 radical (unpaired) electrons. The molecule has 0 saturated carbocycles. The predicted molar refractivity (Wildman–Crippen MR) is 71.0 cm³/mol. The van der Waals surface area contributed by atoms with Crippen LogP contribution in [0.1, 0.15) is 20.3 Å². The second kappa shape index (κ2) is 3.92. The molecule has 96 valence electrons. The molecule has 0 aromatic rings. The Bertz CT molecular complexity index is 641. The minimum absolute atomic E-state index is 0.329. The van der Waals surface area contributed by atoms with Gasteiger partial charge in [0.2, 0.25) is 0 Å². The average molecular weight is 254 g/mol. The van der Waals surface area contributed by atoms with Crippen LogP contribution in [-0.2, 0) is 14.3 Å². The summed E-state index contributed by atoms with van der Waals surface area (Å²) in [5.74, 6) is 0.929. The molecule has 0 N–H and O–H groups in total. The largest absolute Gasteiger partial charge is 0.456 e. The molecule has 1 unspecified atom stereocenters. The first-order valence-corrected chi connectivity index (χ1v) is 6.25. The number of carbonyl (C=O) groups excluding carboxylic acids is 2. The highest BCUT2D eigenvalue weighted by Crippen LogP contribution is 2.56. The van der Waals surface area contributed by atoms with Gasteiger partial charge in [-0.05, 0) is 31.4 Å². The number of rotatable bonds is 2. The van der Waals surface area contributed by atoms with Gasteiger partial charge in [-0.3, -0.25) is 9.59 Å². The van der Waals surface area contributed by atoms with Crippen LogP contribution in [0.3, 0.4) is 0 Å². The van der Waals surface area contributed by atoms with Crippen LogP contribution in [-0.4, -0.2) is 12.6 Å². The van der Waals surface area contributed by atoms with Gasteiger partial charge >= 0.3 is 0 Å². The molecule has 0 saturated heterocycles. The van der Waals surface area contributed by atoms with E-state index in [2.05, 4.69) is 0 Å². The third-order valence-corrected chi connectivity index (χ3v) is 4.06. The summed E-state index contributed by atoms with van der Waals surface area (Å²) < 4.78 is 5.72. The Labute approximate surface area is 111 Å². The normalized spacial score (nSPS) is 28.3. The monoisotopic (exact) mass is 254 g/mol. The van der Waals surface area contributed by atoms with E-state index in [0.29, 0.717) is 17.1 Å². The molecular weight excluding hydrogens is 240 g/mol. The van der Waals surface area contributed by atoms with E-state index >= 15 is 0 Å². The summed E-state index contributed by atoms with van der Waals surface area (Å²) in [6, 6.07) is 0. The van der Waals surface area contributed by atoms with E-state index in [1.165, 1.54) is 0 Å². The average Bonchev–Trinajstić information content (AvgIpc) is 2.75. The SMILES string of the molecule is CC1=CCC23C=CC=C(C)C2=C(C=O)OC3=C1C=O. The maximum Gasteiger partial charge on any atom is 0.185 e. The van der Waals surface area contributed by atoms with Crippen LogP contribution in [0.2, 0.25) is 0 Å². The molecule has 0 aromatic carbocycles. The summed E-state index contributed by atoms with van der Waals surface area (Å²) in [6.07, 6.45) is 10.3. The molecule has 2 aliphatic carbocycles. The van der Waals surface area contributed by atoms with Gasteiger partial charge in [0.1, 0.15) is 5.76 Å². The van der Waals surface area contributed by atoms with Crippen LogP contribution in [0.4, 0.5) is 0 Å². The van der Waals surface area contributed by atoms with Crippen molar-refractivity contribution >= 4 is 12.6 Å². The van der Waals surface area contributed by atoms with Crippen LogP contribution in [0.5, 0.6) is 0 Å². The zero-order valence-electron chi connectivity index (χ0n) is 10.9. The van der Waals surface area contributed by atoms with E-state index in [4.69, 9.17) is 4.74 Å². The molecule has 0 amide bonds. The highest BCUT2D eigenvalue weighted by molar-refractivity contribution is 5.86. The van der Waals surface area contributed by atoms with Crippen molar-refractivity contribution in [2.45, 2.75) is 20.3 Å². The molecule has 3 aliphatic rings. The third-order valence-electron chi connectivity index (χ3n) is 4.06. The Kier molecular flexibility index (Phi) is 2.45. The Morgan fingerprint density at radius 3 is 2.68 bits per heavy atom. The van der Waals surface area contributed by atoms with Crippen LogP contribution in [0, 0.1) is 5.41 Å². The molecule has 1 atom stereocenters. The number of allylic oxidation sites excluding steroid dienone is 8. The van der Waals surface area contributed by atoms with Gasteiger partial charge < -0.3 is 4.74 Å². The molecule has 1 spiro atoms. The van der Waals surface area contributed by atoms with E-state index < -0.39 is 5.41 Å². The second-order valence-corrected chi connectivity index (χ2v) is 5.09. The van der Waals surface area contributed by atoms with Crippen molar-refractivity contribution in [3.8, 4) is 0 Å². The number of hydrogen-bond donors (Lipinski definition) is 0. The second-order valence-electron chi connectivity index (χ2n) is 5.09. The molecule has 0 fully saturated rings. The summed E-state index contributed by atoms with van der Waals surface area (Å²) in [5.41, 5.74) is 2.90. The fourth-order valence-electron chi connectivity index (χ4n) is 3.12. The number of hydrogen-bond acceptors (Lipinski definition) is 3. The lowest BCUT2D eigenvalue weighted by Crippen LogP contribution is -2.26. The Hall–Kier alpha value is -2.16. The van der Waals surface area contributed by atoms with Crippen molar-refractivity contribution in [1.82, 2.24) is 0 Å². The van der Waals surface area contributed by atoms with Gasteiger partial charge in [-0.15, -0.1) is 0 Å².